The fourth-order valence-electron chi connectivity index (χ4n) is 2.50. The topological polar surface area (TPSA) is 28.2 Å². The molecule has 100 valence electrons. The third-order valence-electron chi connectivity index (χ3n) is 3.37. The first-order chi connectivity index (χ1) is 8.68. The summed E-state index contributed by atoms with van der Waals surface area (Å²) in [7, 11) is 0. The second kappa shape index (κ2) is 6.53. The molecule has 3 nitrogen and oxygen atoms in total. The Hall–Kier alpha value is -0.610. The summed E-state index contributed by atoms with van der Waals surface area (Å²) in [4.78, 5) is 6.64. The van der Waals surface area contributed by atoms with Crippen LogP contribution in [0.3, 0.4) is 0 Å². The molecule has 1 aromatic heterocycles. The summed E-state index contributed by atoms with van der Waals surface area (Å²) in [6.07, 6.45) is 6.31. The fraction of sp³-hybridized carbons (Fsp3) is 0.643. The Bertz CT molecular complexity index is 381. The molecule has 2 rings (SSSR count). The van der Waals surface area contributed by atoms with Gasteiger partial charge in [-0.15, -0.1) is 0 Å². The number of anilines is 1. The monoisotopic (exact) mass is 311 g/mol. The van der Waals surface area contributed by atoms with Crippen LogP contribution < -0.4 is 10.2 Å². The summed E-state index contributed by atoms with van der Waals surface area (Å²) in [5.74, 6) is 0.715. The van der Waals surface area contributed by atoms with Crippen molar-refractivity contribution in [2.75, 3.05) is 24.5 Å². The molecule has 0 aromatic carbocycles. The quantitative estimate of drug-likeness (QED) is 0.906. The Labute approximate surface area is 118 Å². The zero-order valence-electron chi connectivity index (χ0n) is 11.2. The van der Waals surface area contributed by atoms with Gasteiger partial charge in [0.15, 0.2) is 0 Å². The Morgan fingerprint density at radius 3 is 3.11 bits per heavy atom. The van der Waals surface area contributed by atoms with Gasteiger partial charge in [-0.25, -0.2) is 0 Å². The first-order valence-electron chi connectivity index (χ1n) is 6.75. The predicted molar refractivity (Wildman–Crippen MR) is 80.0 cm³/mol. The molecule has 4 heteroatoms. The largest absolute Gasteiger partial charge is 0.366 e. The first kappa shape index (κ1) is 13.8. The number of nitrogens with zero attached hydrogens (tertiary/aromatic N) is 2. The van der Waals surface area contributed by atoms with E-state index in [-0.39, 0.29) is 0 Å². The number of aromatic nitrogens is 1. The van der Waals surface area contributed by atoms with Gasteiger partial charge in [0.1, 0.15) is 0 Å². The summed E-state index contributed by atoms with van der Waals surface area (Å²) in [5, 5.41) is 3.57. The molecule has 0 saturated carbocycles. The molecule has 0 aliphatic carbocycles. The zero-order chi connectivity index (χ0) is 13.0. The summed E-state index contributed by atoms with van der Waals surface area (Å²) in [5.41, 5.74) is 1.28. The maximum atomic E-state index is 4.14. The molecule has 1 aliphatic heterocycles. The van der Waals surface area contributed by atoms with Crippen molar-refractivity contribution in [1.82, 2.24) is 10.3 Å². The molecule has 1 unspecified atom stereocenters. The van der Waals surface area contributed by atoms with E-state index in [0.29, 0.717) is 12.0 Å². The average Bonchev–Trinajstić information content (AvgIpc) is 2.77. The lowest BCUT2D eigenvalue weighted by Gasteiger charge is -2.28. The highest BCUT2D eigenvalue weighted by molar-refractivity contribution is 9.10. The molecule has 0 bridgehead atoms. The Kier molecular flexibility index (Phi) is 5.01. The second-order valence-corrected chi connectivity index (χ2v) is 6.22. The van der Waals surface area contributed by atoms with Crippen molar-refractivity contribution in [2.24, 2.45) is 5.92 Å². The molecule has 2 heterocycles. The molecule has 0 amide bonds. The van der Waals surface area contributed by atoms with Crippen LogP contribution in [0.2, 0.25) is 0 Å². The van der Waals surface area contributed by atoms with Gasteiger partial charge < -0.3 is 10.2 Å². The van der Waals surface area contributed by atoms with Gasteiger partial charge in [0.2, 0.25) is 0 Å². The maximum absolute atomic E-state index is 4.14. The van der Waals surface area contributed by atoms with E-state index in [0.717, 1.165) is 24.1 Å². The lowest BCUT2D eigenvalue weighted by atomic mass is 10.2. The normalized spacial score (nSPS) is 19.8. The van der Waals surface area contributed by atoms with Crippen LogP contribution in [0.25, 0.3) is 0 Å². The lowest BCUT2D eigenvalue weighted by Crippen LogP contribution is -2.39. The van der Waals surface area contributed by atoms with E-state index in [1.54, 1.807) is 0 Å². The number of rotatable bonds is 5. The minimum Gasteiger partial charge on any atom is -0.366 e. The van der Waals surface area contributed by atoms with Crippen LogP contribution in [0, 0.1) is 5.92 Å². The molecular formula is C14H22BrN3. The van der Waals surface area contributed by atoms with Gasteiger partial charge in [0.05, 0.1) is 10.2 Å². The molecule has 1 aromatic rings. The highest BCUT2D eigenvalue weighted by Gasteiger charge is 2.25. The SMILES string of the molecule is CC(C)CNCC1CCCN1c1ccncc1Br. The van der Waals surface area contributed by atoms with Gasteiger partial charge in [0, 0.05) is 31.5 Å². The smallest absolute Gasteiger partial charge is 0.0592 e. The van der Waals surface area contributed by atoms with E-state index in [9.17, 15) is 0 Å². The van der Waals surface area contributed by atoms with E-state index < -0.39 is 0 Å². The fourth-order valence-corrected chi connectivity index (χ4v) is 2.98. The highest BCUT2D eigenvalue weighted by atomic mass is 79.9. The first-order valence-corrected chi connectivity index (χ1v) is 7.54. The van der Waals surface area contributed by atoms with Gasteiger partial charge in [-0.1, -0.05) is 13.8 Å². The van der Waals surface area contributed by atoms with Crippen molar-refractivity contribution in [2.45, 2.75) is 32.7 Å². The lowest BCUT2D eigenvalue weighted by molar-refractivity contribution is 0.512. The Morgan fingerprint density at radius 2 is 2.39 bits per heavy atom. The second-order valence-electron chi connectivity index (χ2n) is 5.37. The molecule has 18 heavy (non-hydrogen) atoms. The van der Waals surface area contributed by atoms with E-state index in [2.05, 4.69) is 51.0 Å². The van der Waals surface area contributed by atoms with Crippen LogP contribution in [0.5, 0.6) is 0 Å². The van der Waals surface area contributed by atoms with Crippen molar-refractivity contribution >= 4 is 21.6 Å². The average molecular weight is 312 g/mol. The van der Waals surface area contributed by atoms with Crippen molar-refractivity contribution in [3.05, 3.63) is 22.9 Å². The predicted octanol–water partition coefficient (Wildman–Crippen LogP) is 3.06. The molecule has 1 N–H and O–H groups in total. The van der Waals surface area contributed by atoms with Crippen LogP contribution in [0.1, 0.15) is 26.7 Å². The number of hydrogen-bond donors (Lipinski definition) is 1. The number of pyridine rings is 1. The minimum absolute atomic E-state index is 0.613. The summed E-state index contributed by atoms with van der Waals surface area (Å²) < 4.78 is 1.10. The minimum atomic E-state index is 0.613. The Balaban J connectivity index is 1.97. The number of hydrogen-bond acceptors (Lipinski definition) is 3. The molecule has 1 saturated heterocycles. The van der Waals surface area contributed by atoms with E-state index in [4.69, 9.17) is 0 Å². The number of halogens is 1. The van der Waals surface area contributed by atoms with Crippen LogP contribution in [0.15, 0.2) is 22.9 Å². The van der Waals surface area contributed by atoms with E-state index >= 15 is 0 Å². The van der Waals surface area contributed by atoms with Crippen LogP contribution in [-0.4, -0.2) is 30.7 Å². The summed E-state index contributed by atoms with van der Waals surface area (Å²) >= 11 is 3.60. The third kappa shape index (κ3) is 3.45. The highest BCUT2D eigenvalue weighted by Crippen LogP contribution is 2.30. The van der Waals surface area contributed by atoms with Crippen molar-refractivity contribution in [3.8, 4) is 0 Å². The van der Waals surface area contributed by atoms with Crippen LogP contribution in [-0.2, 0) is 0 Å². The van der Waals surface area contributed by atoms with Gasteiger partial charge >= 0.3 is 0 Å². The summed E-state index contributed by atoms with van der Waals surface area (Å²) in [6, 6.07) is 2.72. The Morgan fingerprint density at radius 1 is 1.56 bits per heavy atom. The number of nitrogens with one attached hydrogen (secondary N) is 1. The molecule has 1 fully saturated rings. The molecule has 0 radical (unpaired) electrons. The van der Waals surface area contributed by atoms with Crippen molar-refractivity contribution in [3.63, 3.8) is 0 Å². The van der Waals surface area contributed by atoms with Crippen LogP contribution >= 0.6 is 15.9 Å². The van der Waals surface area contributed by atoms with E-state index in [1.165, 1.54) is 18.5 Å². The van der Waals surface area contributed by atoms with Crippen LogP contribution in [0.4, 0.5) is 5.69 Å². The maximum Gasteiger partial charge on any atom is 0.0592 e. The molecule has 1 atom stereocenters. The van der Waals surface area contributed by atoms with Gasteiger partial charge in [-0.3, -0.25) is 4.98 Å². The zero-order valence-corrected chi connectivity index (χ0v) is 12.8. The molecule has 1 aliphatic rings. The van der Waals surface area contributed by atoms with E-state index in [1.807, 2.05) is 12.4 Å². The van der Waals surface area contributed by atoms with Gasteiger partial charge in [-0.05, 0) is 47.3 Å². The molecule has 0 spiro atoms. The van der Waals surface area contributed by atoms with Crippen molar-refractivity contribution < 1.29 is 0 Å². The standard InChI is InChI=1S/C14H22BrN3/c1-11(2)8-17-9-12-4-3-7-18(12)14-5-6-16-10-13(14)15/h5-6,10-12,17H,3-4,7-9H2,1-2H3. The third-order valence-corrected chi connectivity index (χ3v) is 3.98. The van der Waals surface area contributed by atoms with Gasteiger partial charge in [0.25, 0.3) is 0 Å². The molecular weight excluding hydrogens is 290 g/mol. The van der Waals surface area contributed by atoms with Gasteiger partial charge in [-0.2, -0.15) is 0 Å². The summed E-state index contributed by atoms with van der Waals surface area (Å²) in [6.45, 7) is 7.82. The van der Waals surface area contributed by atoms with Crippen molar-refractivity contribution in [1.29, 1.82) is 0 Å².